The first kappa shape index (κ1) is 7.14. The van der Waals surface area contributed by atoms with Crippen LogP contribution in [0.3, 0.4) is 0 Å². The van der Waals surface area contributed by atoms with Crippen molar-refractivity contribution in [2.75, 3.05) is 7.11 Å². The maximum atomic E-state index is 5.52. The van der Waals surface area contributed by atoms with Gasteiger partial charge in [0.2, 0.25) is 0 Å². The van der Waals surface area contributed by atoms with E-state index in [0.29, 0.717) is 16.9 Å². The molecule has 0 aromatic heterocycles. The SMILES string of the molecule is COC1CC23CC=CCCC12C3. The second kappa shape index (κ2) is 1.95. The fraction of sp³-hybridized carbons (Fsp3) is 0.818. The Labute approximate surface area is 73.8 Å². The number of allylic oxidation sites excluding steroid dienone is 2. The monoisotopic (exact) mass is 164 g/mol. The van der Waals surface area contributed by atoms with Gasteiger partial charge in [0.05, 0.1) is 6.10 Å². The zero-order chi connectivity index (χ0) is 8.23. The Bertz CT molecular complexity index is 241. The molecule has 0 saturated heterocycles. The van der Waals surface area contributed by atoms with E-state index in [2.05, 4.69) is 12.2 Å². The van der Waals surface area contributed by atoms with E-state index >= 15 is 0 Å². The first-order valence-electron chi connectivity index (χ1n) is 5.01. The van der Waals surface area contributed by atoms with Crippen LogP contribution in [0, 0.1) is 10.8 Å². The largest absolute Gasteiger partial charge is 0.381 e. The van der Waals surface area contributed by atoms with Gasteiger partial charge in [-0.25, -0.2) is 0 Å². The lowest BCUT2D eigenvalue weighted by Gasteiger charge is -2.42. The fourth-order valence-electron chi connectivity index (χ4n) is 3.66. The van der Waals surface area contributed by atoms with Gasteiger partial charge >= 0.3 is 0 Å². The molecule has 12 heavy (non-hydrogen) atoms. The Morgan fingerprint density at radius 1 is 1.42 bits per heavy atom. The molecule has 3 aliphatic rings. The minimum Gasteiger partial charge on any atom is -0.381 e. The van der Waals surface area contributed by atoms with Gasteiger partial charge in [0.1, 0.15) is 0 Å². The van der Waals surface area contributed by atoms with E-state index in [4.69, 9.17) is 4.74 Å². The molecule has 0 heterocycles. The number of rotatable bonds is 1. The smallest absolute Gasteiger partial charge is 0.0638 e. The van der Waals surface area contributed by atoms with Crippen molar-refractivity contribution in [1.82, 2.24) is 0 Å². The predicted molar refractivity (Wildman–Crippen MR) is 47.9 cm³/mol. The highest BCUT2D eigenvalue weighted by atomic mass is 16.5. The molecule has 0 aromatic rings. The molecule has 66 valence electrons. The molecule has 1 nitrogen and oxygen atoms in total. The van der Waals surface area contributed by atoms with Gasteiger partial charge in [-0.15, -0.1) is 0 Å². The first-order chi connectivity index (χ1) is 5.83. The highest BCUT2D eigenvalue weighted by molar-refractivity contribution is 5.30. The predicted octanol–water partition coefficient (Wildman–Crippen LogP) is 2.52. The van der Waals surface area contributed by atoms with Crippen molar-refractivity contribution in [1.29, 1.82) is 0 Å². The topological polar surface area (TPSA) is 9.23 Å². The average molecular weight is 164 g/mol. The van der Waals surface area contributed by atoms with Crippen molar-refractivity contribution < 1.29 is 4.74 Å². The lowest BCUT2D eigenvalue weighted by Crippen LogP contribution is -2.41. The van der Waals surface area contributed by atoms with E-state index in [-0.39, 0.29) is 0 Å². The van der Waals surface area contributed by atoms with Crippen LogP contribution in [0.4, 0.5) is 0 Å². The third-order valence-corrected chi connectivity index (χ3v) is 4.49. The summed E-state index contributed by atoms with van der Waals surface area (Å²) in [7, 11) is 1.87. The highest BCUT2D eigenvalue weighted by Gasteiger charge is 2.78. The van der Waals surface area contributed by atoms with E-state index in [1.807, 2.05) is 7.11 Å². The van der Waals surface area contributed by atoms with Crippen LogP contribution in [0.2, 0.25) is 0 Å². The molecule has 0 spiro atoms. The van der Waals surface area contributed by atoms with Crippen LogP contribution in [0.5, 0.6) is 0 Å². The molecule has 0 aliphatic heterocycles. The Balaban J connectivity index is 1.86. The summed E-state index contributed by atoms with van der Waals surface area (Å²) in [4.78, 5) is 0. The molecule has 0 bridgehead atoms. The van der Waals surface area contributed by atoms with Gasteiger partial charge in [-0.05, 0) is 37.5 Å². The maximum absolute atomic E-state index is 5.52. The molecule has 3 rings (SSSR count). The molecule has 2 saturated carbocycles. The Kier molecular flexibility index (Phi) is 1.16. The lowest BCUT2D eigenvalue weighted by atomic mass is 9.68. The Morgan fingerprint density at radius 3 is 3.17 bits per heavy atom. The molecule has 0 radical (unpaired) electrons. The molecular formula is C11H16O. The first-order valence-corrected chi connectivity index (χ1v) is 5.01. The van der Waals surface area contributed by atoms with Gasteiger partial charge in [-0.1, -0.05) is 12.2 Å². The summed E-state index contributed by atoms with van der Waals surface area (Å²) < 4.78 is 5.52. The third-order valence-electron chi connectivity index (χ3n) is 4.49. The van der Waals surface area contributed by atoms with E-state index < -0.39 is 0 Å². The van der Waals surface area contributed by atoms with Crippen molar-refractivity contribution in [3.05, 3.63) is 12.2 Å². The second-order valence-corrected chi connectivity index (χ2v) is 4.76. The van der Waals surface area contributed by atoms with Crippen molar-refractivity contribution in [3.63, 3.8) is 0 Å². The molecular weight excluding hydrogens is 148 g/mol. The van der Waals surface area contributed by atoms with E-state index in [1.165, 1.54) is 32.1 Å². The molecule has 1 heteroatoms. The normalized spacial score (nSPS) is 54.9. The number of methoxy groups -OCH3 is 1. The van der Waals surface area contributed by atoms with Crippen molar-refractivity contribution in [3.8, 4) is 0 Å². The van der Waals surface area contributed by atoms with Crippen LogP contribution < -0.4 is 0 Å². The molecule has 0 amide bonds. The summed E-state index contributed by atoms with van der Waals surface area (Å²) in [6, 6.07) is 0. The Hall–Kier alpha value is -0.300. The van der Waals surface area contributed by atoms with Crippen LogP contribution >= 0.6 is 0 Å². The molecule has 0 N–H and O–H groups in total. The number of hydrogen-bond acceptors (Lipinski definition) is 1. The number of hydrogen-bond donors (Lipinski definition) is 0. The zero-order valence-electron chi connectivity index (χ0n) is 7.68. The van der Waals surface area contributed by atoms with Crippen LogP contribution in [-0.2, 0) is 4.74 Å². The van der Waals surface area contributed by atoms with Crippen molar-refractivity contribution >= 4 is 0 Å². The fourth-order valence-corrected chi connectivity index (χ4v) is 3.66. The van der Waals surface area contributed by atoms with Crippen LogP contribution in [0.25, 0.3) is 0 Å². The standard InChI is InChI=1S/C11H16O/c1-12-9-7-10-5-3-2-4-6-11(9,10)8-10/h2-3,9H,4-8H2,1H3. The summed E-state index contributed by atoms with van der Waals surface area (Å²) in [5.74, 6) is 0. The summed E-state index contributed by atoms with van der Waals surface area (Å²) >= 11 is 0. The summed E-state index contributed by atoms with van der Waals surface area (Å²) in [5, 5.41) is 0. The van der Waals surface area contributed by atoms with Crippen LogP contribution in [-0.4, -0.2) is 13.2 Å². The van der Waals surface area contributed by atoms with Crippen molar-refractivity contribution in [2.24, 2.45) is 10.8 Å². The zero-order valence-corrected chi connectivity index (χ0v) is 7.68. The third kappa shape index (κ3) is 0.576. The van der Waals surface area contributed by atoms with Gasteiger partial charge in [-0.3, -0.25) is 0 Å². The minimum atomic E-state index is 0.595. The minimum absolute atomic E-state index is 0.595. The second-order valence-electron chi connectivity index (χ2n) is 4.76. The molecule has 3 atom stereocenters. The van der Waals surface area contributed by atoms with Crippen LogP contribution in [0.1, 0.15) is 32.1 Å². The molecule has 3 aliphatic carbocycles. The molecule has 3 unspecified atom stereocenters. The molecule has 2 fully saturated rings. The van der Waals surface area contributed by atoms with Crippen LogP contribution in [0.15, 0.2) is 12.2 Å². The number of ether oxygens (including phenoxy) is 1. The average Bonchev–Trinajstić information content (AvgIpc) is 2.53. The summed E-state index contributed by atoms with van der Waals surface area (Å²) in [6.07, 6.45) is 12.1. The quantitative estimate of drug-likeness (QED) is 0.541. The summed E-state index contributed by atoms with van der Waals surface area (Å²) in [5.41, 5.74) is 1.34. The van der Waals surface area contributed by atoms with E-state index in [1.54, 1.807) is 0 Å². The summed E-state index contributed by atoms with van der Waals surface area (Å²) in [6.45, 7) is 0. The van der Waals surface area contributed by atoms with Gasteiger partial charge in [0, 0.05) is 12.5 Å². The van der Waals surface area contributed by atoms with E-state index in [9.17, 15) is 0 Å². The Morgan fingerprint density at radius 2 is 2.33 bits per heavy atom. The maximum Gasteiger partial charge on any atom is 0.0638 e. The van der Waals surface area contributed by atoms with E-state index in [0.717, 1.165) is 0 Å². The van der Waals surface area contributed by atoms with Gasteiger partial charge in [0.25, 0.3) is 0 Å². The van der Waals surface area contributed by atoms with Crippen molar-refractivity contribution in [2.45, 2.75) is 38.2 Å². The lowest BCUT2D eigenvalue weighted by molar-refractivity contribution is -0.0651. The van der Waals surface area contributed by atoms with Gasteiger partial charge in [0.15, 0.2) is 0 Å². The molecule has 0 aromatic carbocycles. The highest BCUT2D eigenvalue weighted by Crippen LogP contribution is 2.82. The van der Waals surface area contributed by atoms with Gasteiger partial charge in [-0.2, -0.15) is 0 Å². The van der Waals surface area contributed by atoms with Gasteiger partial charge < -0.3 is 4.74 Å².